The summed E-state index contributed by atoms with van der Waals surface area (Å²) in [4.78, 5) is 0. The van der Waals surface area contributed by atoms with Crippen LogP contribution in [0.3, 0.4) is 0 Å². The van der Waals surface area contributed by atoms with Crippen molar-refractivity contribution in [3.8, 4) is 5.75 Å². The van der Waals surface area contributed by atoms with Gasteiger partial charge in [0.05, 0.1) is 7.11 Å². The van der Waals surface area contributed by atoms with E-state index >= 15 is 0 Å². The molecule has 3 rings (SSSR count). The average Bonchev–Trinajstić information content (AvgIpc) is 2.93. The van der Waals surface area contributed by atoms with Crippen LogP contribution >= 0.6 is 0 Å². The highest BCUT2D eigenvalue weighted by Crippen LogP contribution is 2.22. The van der Waals surface area contributed by atoms with Gasteiger partial charge in [-0.05, 0) is 42.4 Å². The van der Waals surface area contributed by atoms with E-state index in [2.05, 4.69) is 52.5 Å². The number of rotatable bonds is 5. The molecule has 3 aromatic rings. The number of aromatic nitrogens is 1. The Morgan fingerprint density at radius 3 is 2.57 bits per heavy atom. The van der Waals surface area contributed by atoms with Crippen LogP contribution in [0.2, 0.25) is 0 Å². The lowest BCUT2D eigenvalue weighted by Gasteiger charge is -2.08. The molecule has 0 bridgehead atoms. The van der Waals surface area contributed by atoms with E-state index in [4.69, 9.17) is 4.74 Å². The summed E-state index contributed by atoms with van der Waals surface area (Å²) in [6, 6.07) is 16.9. The lowest BCUT2D eigenvalue weighted by molar-refractivity contribution is 0.414. The highest BCUT2D eigenvalue weighted by Gasteiger charge is 2.05. The fourth-order valence-electron chi connectivity index (χ4n) is 2.70. The molecular weight excluding hydrogens is 260 g/mol. The van der Waals surface area contributed by atoms with Gasteiger partial charge in [0.1, 0.15) is 5.75 Å². The van der Waals surface area contributed by atoms with Crippen molar-refractivity contribution in [1.82, 2.24) is 9.88 Å². The SMILES string of the molecule is CNCc1cccc2c1ccn2Cc1ccc(OC)cc1. The molecule has 0 aliphatic heterocycles. The molecular formula is C18H20N2O. The van der Waals surface area contributed by atoms with Crippen molar-refractivity contribution < 1.29 is 4.74 Å². The van der Waals surface area contributed by atoms with E-state index in [0.29, 0.717) is 0 Å². The summed E-state index contributed by atoms with van der Waals surface area (Å²) < 4.78 is 7.49. The van der Waals surface area contributed by atoms with Gasteiger partial charge in [0, 0.05) is 30.2 Å². The fourth-order valence-corrected chi connectivity index (χ4v) is 2.70. The Hall–Kier alpha value is -2.26. The molecule has 3 heteroatoms. The molecule has 2 aromatic carbocycles. The highest BCUT2D eigenvalue weighted by atomic mass is 16.5. The standard InChI is InChI=1S/C18H20N2O/c1-19-12-15-4-3-5-18-17(15)10-11-20(18)13-14-6-8-16(21-2)9-7-14/h3-11,19H,12-13H2,1-2H3. The van der Waals surface area contributed by atoms with Crippen molar-refractivity contribution in [2.45, 2.75) is 13.1 Å². The molecule has 108 valence electrons. The van der Waals surface area contributed by atoms with E-state index < -0.39 is 0 Å². The van der Waals surface area contributed by atoms with Crippen molar-refractivity contribution in [3.63, 3.8) is 0 Å². The minimum atomic E-state index is 0.872. The molecule has 1 heterocycles. The third-order valence-electron chi connectivity index (χ3n) is 3.78. The lowest BCUT2D eigenvalue weighted by Crippen LogP contribution is -2.05. The molecule has 0 saturated carbocycles. The number of methoxy groups -OCH3 is 1. The smallest absolute Gasteiger partial charge is 0.118 e. The topological polar surface area (TPSA) is 26.2 Å². The third-order valence-corrected chi connectivity index (χ3v) is 3.78. The van der Waals surface area contributed by atoms with Gasteiger partial charge in [-0.1, -0.05) is 24.3 Å². The summed E-state index contributed by atoms with van der Waals surface area (Å²) in [5.74, 6) is 0.896. The molecule has 0 saturated heterocycles. The van der Waals surface area contributed by atoms with Crippen LogP contribution in [0.25, 0.3) is 10.9 Å². The Morgan fingerprint density at radius 2 is 1.86 bits per heavy atom. The van der Waals surface area contributed by atoms with Gasteiger partial charge < -0.3 is 14.6 Å². The van der Waals surface area contributed by atoms with E-state index in [1.165, 1.54) is 22.0 Å². The van der Waals surface area contributed by atoms with E-state index in [1.54, 1.807) is 7.11 Å². The first kappa shape index (κ1) is 13.7. The Kier molecular flexibility index (Phi) is 3.93. The molecule has 0 spiro atoms. The summed E-state index contributed by atoms with van der Waals surface area (Å²) >= 11 is 0. The monoisotopic (exact) mass is 280 g/mol. The first-order chi connectivity index (χ1) is 10.3. The number of nitrogens with one attached hydrogen (secondary N) is 1. The zero-order valence-corrected chi connectivity index (χ0v) is 12.5. The number of nitrogens with zero attached hydrogens (tertiary/aromatic N) is 1. The summed E-state index contributed by atoms with van der Waals surface area (Å²) in [6.07, 6.45) is 2.16. The van der Waals surface area contributed by atoms with Crippen LogP contribution in [-0.4, -0.2) is 18.7 Å². The van der Waals surface area contributed by atoms with Crippen molar-refractivity contribution in [3.05, 3.63) is 65.9 Å². The van der Waals surface area contributed by atoms with Gasteiger partial charge in [0.2, 0.25) is 0 Å². The van der Waals surface area contributed by atoms with E-state index in [-0.39, 0.29) is 0 Å². The maximum atomic E-state index is 5.20. The molecule has 0 radical (unpaired) electrons. The Bertz CT molecular complexity index is 729. The summed E-state index contributed by atoms with van der Waals surface area (Å²) in [6.45, 7) is 1.76. The molecule has 0 unspecified atom stereocenters. The van der Waals surface area contributed by atoms with Gasteiger partial charge >= 0.3 is 0 Å². The van der Waals surface area contributed by atoms with Crippen molar-refractivity contribution in [2.75, 3.05) is 14.2 Å². The van der Waals surface area contributed by atoms with Gasteiger partial charge in [0.25, 0.3) is 0 Å². The van der Waals surface area contributed by atoms with Crippen molar-refractivity contribution >= 4 is 10.9 Å². The van der Waals surface area contributed by atoms with Crippen LogP contribution in [0.5, 0.6) is 5.75 Å². The van der Waals surface area contributed by atoms with Gasteiger partial charge in [-0.25, -0.2) is 0 Å². The second kappa shape index (κ2) is 6.02. The predicted octanol–water partition coefficient (Wildman–Crippen LogP) is 3.42. The quantitative estimate of drug-likeness (QED) is 0.775. The van der Waals surface area contributed by atoms with Crippen molar-refractivity contribution in [1.29, 1.82) is 0 Å². The van der Waals surface area contributed by atoms with Gasteiger partial charge in [-0.15, -0.1) is 0 Å². The minimum absolute atomic E-state index is 0.872. The Balaban J connectivity index is 1.91. The van der Waals surface area contributed by atoms with Crippen LogP contribution in [-0.2, 0) is 13.1 Å². The van der Waals surface area contributed by atoms with Gasteiger partial charge in [-0.3, -0.25) is 0 Å². The zero-order chi connectivity index (χ0) is 14.7. The molecule has 3 nitrogen and oxygen atoms in total. The maximum Gasteiger partial charge on any atom is 0.118 e. The molecule has 0 aliphatic rings. The fraction of sp³-hybridized carbons (Fsp3) is 0.222. The van der Waals surface area contributed by atoms with E-state index in [1.807, 2.05) is 19.2 Å². The van der Waals surface area contributed by atoms with E-state index in [9.17, 15) is 0 Å². The van der Waals surface area contributed by atoms with Crippen LogP contribution in [0.1, 0.15) is 11.1 Å². The summed E-state index contributed by atoms with van der Waals surface area (Å²) in [7, 11) is 3.67. The number of ether oxygens (including phenoxy) is 1. The molecule has 21 heavy (non-hydrogen) atoms. The number of hydrogen-bond acceptors (Lipinski definition) is 2. The number of fused-ring (bicyclic) bond motifs is 1. The zero-order valence-electron chi connectivity index (χ0n) is 12.5. The molecule has 1 aromatic heterocycles. The third kappa shape index (κ3) is 2.78. The molecule has 0 atom stereocenters. The summed E-state index contributed by atoms with van der Waals surface area (Å²) in [5.41, 5.74) is 3.88. The lowest BCUT2D eigenvalue weighted by atomic mass is 10.1. The minimum Gasteiger partial charge on any atom is -0.497 e. The van der Waals surface area contributed by atoms with Gasteiger partial charge in [0.15, 0.2) is 0 Å². The molecule has 0 aliphatic carbocycles. The average molecular weight is 280 g/mol. The Labute approximate surface area is 125 Å². The normalized spacial score (nSPS) is 11.0. The first-order valence-corrected chi connectivity index (χ1v) is 7.16. The van der Waals surface area contributed by atoms with Crippen LogP contribution < -0.4 is 10.1 Å². The second-order valence-corrected chi connectivity index (χ2v) is 5.17. The largest absolute Gasteiger partial charge is 0.497 e. The molecule has 0 amide bonds. The highest BCUT2D eigenvalue weighted by molar-refractivity contribution is 5.83. The van der Waals surface area contributed by atoms with Crippen LogP contribution in [0, 0.1) is 0 Å². The molecule has 1 N–H and O–H groups in total. The molecule has 0 fully saturated rings. The summed E-state index contributed by atoms with van der Waals surface area (Å²) in [5, 5.41) is 4.54. The Morgan fingerprint density at radius 1 is 1.05 bits per heavy atom. The van der Waals surface area contributed by atoms with Gasteiger partial charge in [-0.2, -0.15) is 0 Å². The first-order valence-electron chi connectivity index (χ1n) is 7.16. The van der Waals surface area contributed by atoms with Crippen molar-refractivity contribution in [2.24, 2.45) is 0 Å². The second-order valence-electron chi connectivity index (χ2n) is 5.17. The van der Waals surface area contributed by atoms with Crippen LogP contribution in [0.4, 0.5) is 0 Å². The maximum absolute atomic E-state index is 5.20. The number of hydrogen-bond donors (Lipinski definition) is 1. The van der Waals surface area contributed by atoms with Crippen LogP contribution in [0.15, 0.2) is 54.7 Å². The van der Waals surface area contributed by atoms with E-state index in [0.717, 1.165) is 18.8 Å². The predicted molar refractivity (Wildman–Crippen MR) is 86.8 cm³/mol. The number of benzene rings is 2.